The van der Waals surface area contributed by atoms with Crippen molar-refractivity contribution in [2.75, 3.05) is 11.9 Å². The van der Waals surface area contributed by atoms with Crippen molar-refractivity contribution in [1.29, 1.82) is 0 Å². The minimum absolute atomic E-state index is 0.206. The molecule has 0 radical (unpaired) electrons. The lowest BCUT2D eigenvalue weighted by Gasteiger charge is -2.22. The fourth-order valence-corrected chi connectivity index (χ4v) is 3.92. The summed E-state index contributed by atoms with van der Waals surface area (Å²) in [5.74, 6) is 5.54. The molecule has 1 unspecified atom stereocenters. The quantitative estimate of drug-likeness (QED) is 0.572. The lowest BCUT2D eigenvalue weighted by molar-refractivity contribution is -0.120. The second kappa shape index (κ2) is 9.72. The lowest BCUT2D eigenvalue weighted by Crippen LogP contribution is -2.48. The molecule has 2 N–H and O–H groups in total. The average molecular weight is 472 g/mol. The molecule has 0 bridgehead atoms. The highest BCUT2D eigenvalue weighted by Crippen LogP contribution is 2.27. The van der Waals surface area contributed by atoms with Gasteiger partial charge in [0, 0.05) is 42.8 Å². The van der Waals surface area contributed by atoms with Crippen molar-refractivity contribution >= 4 is 17.6 Å². The van der Waals surface area contributed by atoms with Gasteiger partial charge >= 0.3 is 6.03 Å². The maximum absolute atomic E-state index is 13.2. The van der Waals surface area contributed by atoms with E-state index in [-0.39, 0.29) is 5.91 Å². The minimum Gasteiger partial charge on any atom is -0.378 e. The number of aromatic nitrogens is 3. The molecule has 3 heterocycles. The van der Waals surface area contributed by atoms with Gasteiger partial charge in [-0.15, -0.1) is 0 Å². The van der Waals surface area contributed by atoms with Crippen LogP contribution in [-0.2, 0) is 17.6 Å². The van der Waals surface area contributed by atoms with Crippen LogP contribution in [-0.4, -0.2) is 50.5 Å². The largest absolute Gasteiger partial charge is 0.378 e. The van der Waals surface area contributed by atoms with Gasteiger partial charge < -0.3 is 15.3 Å². The Morgan fingerprint density at radius 2 is 2.03 bits per heavy atom. The number of aliphatic hydroxyl groups is 1. The first-order valence-electron chi connectivity index (χ1n) is 11.5. The number of benzene rings is 1. The first kappa shape index (κ1) is 24.2. The second-order valence-electron chi connectivity index (χ2n) is 9.37. The molecule has 35 heavy (non-hydrogen) atoms. The molecule has 0 fully saturated rings. The number of rotatable bonds is 3. The summed E-state index contributed by atoms with van der Waals surface area (Å²) in [6.07, 6.45) is 6.83. The third-order valence-electron chi connectivity index (χ3n) is 5.81. The van der Waals surface area contributed by atoms with E-state index in [0.717, 1.165) is 28.1 Å². The summed E-state index contributed by atoms with van der Waals surface area (Å²) >= 11 is 0. The minimum atomic E-state index is -1.10. The van der Waals surface area contributed by atoms with Crippen LogP contribution in [0.5, 0.6) is 0 Å². The highest BCUT2D eigenvalue weighted by molar-refractivity contribution is 6.00. The first-order chi connectivity index (χ1) is 16.6. The fraction of sp³-hybridized carbons (Fsp3) is 0.333. The summed E-state index contributed by atoms with van der Waals surface area (Å²) in [7, 11) is 1.69. The van der Waals surface area contributed by atoms with Crippen molar-refractivity contribution in [2.45, 2.75) is 51.7 Å². The van der Waals surface area contributed by atoms with Crippen LogP contribution in [0.3, 0.4) is 0 Å². The summed E-state index contributed by atoms with van der Waals surface area (Å²) in [6, 6.07) is 8.48. The molecule has 1 aliphatic heterocycles. The number of pyridine rings is 1. The number of carbonyl (C=O) groups excluding carboxylic acids is 2. The maximum atomic E-state index is 13.2. The van der Waals surface area contributed by atoms with Gasteiger partial charge in [-0.25, -0.2) is 4.79 Å². The number of hydrogen-bond donors (Lipinski definition) is 2. The summed E-state index contributed by atoms with van der Waals surface area (Å²) in [5, 5.41) is 16.9. The molecule has 8 heteroatoms. The van der Waals surface area contributed by atoms with Gasteiger partial charge in [-0.1, -0.05) is 24.0 Å². The van der Waals surface area contributed by atoms with E-state index in [0.29, 0.717) is 24.8 Å². The van der Waals surface area contributed by atoms with E-state index in [1.165, 1.54) is 4.68 Å². The normalized spacial score (nSPS) is 15.6. The zero-order chi connectivity index (χ0) is 25.2. The molecule has 1 atom stereocenters. The van der Waals surface area contributed by atoms with E-state index < -0.39 is 17.7 Å². The Hall–Kier alpha value is -3.96. The van der Waals surface area contributed by atoms with E-state index in [1.807, 2.05) is 43.5 Å². The van der Waals surface area contributed by atoms with Crippen LogP contribution in [0.2, 0.25) is 0 Å². The zero-order valence-electron chi connectivity index (χ0n) is 20.4. The van der Waals surface area contributed by atoms with Crippen molar-refractivity contribution in [3.05, 3.63) is 76.9 Å². The lowest BCUT2D eigenvalue weighted by atomic mass is 10.0. The predicted molar refractivity (Wildman–Crippen MR) is 133 cm³/mol. The molecule has 1 aromatic carbocycles. The SMILES string of the molecule is Cc1ccc(Cc2cnn(C(=O)NC3CCc4ccc(C#CC(C)(C)O)cc4N(C)C3=O)c2)cn1. The van der Waals surface area contributed by atoms with Gasteiger partial charge in [0.25, 0.3) is 0 Å². The van der Waals surface area contributed by atoms with Gasteiger partial charge in [0.05, 0.1) is 6.20 Å². The summed E-state index contributed by atoms with van der Waals surface area (Å²) in [5.41, 5.74) is 4.21. The summed E-state index contributed by atoms with van der Waals surface area (Å²) in [4.78, 5) is 31.9. The van der Waals surface area contributed by atoms with Crippen LogP contribution in [0, 0.1) is 18.8 Å². The molecule has 3 aromatic rings. The molecule has 2 aromatic heterocycles. The van der Waals surface area contributed by atoms with E-state index >= 15 is 0 Å². The molecule has 4 rings (SSSR count). The van der Waals surface area contributed by atoms with Crippen LogP contribution in [0.25, 0.3) is 0 Å². The van der Waals surface area contributed by atoms with E-state index in [4.69, 9.17) is 0 Å². The molecular formula is C27H29N5O3. The molecule has 2 amide bonds. The molecule has 1 aliphatic rings. The highest BCUT2D eigenvalue weighted by atomic mass is 16.3. The molecule has 0 spiro atoms. The van der Waals surface area contributed by atoms with Gasteiger partial charge in [0.15, 0.2) is 0 Å². The third kappa shape index (κ3) is 5.94. The van der Waals surface area contributed by atoms with Gasteiger partial charge in [-0.3, -0.25) is 9.78 Å². The van der Waals surface area contributed by atoms with Crippen molar-refractivity contribution in [1.82, 2.24) is 20.1 Å². The number of amides is 2. The number of hydrogen-bond acceptors (Lipinski definition) is 5. The third-order valence-corrected chi connectivity index (χ3v) is 5.81. The molecule has 0 saturated heterocycles. The Labute approximate surface area is 205 Å². The predicted octanol–water partition coefficient (Wildman–Crippen LogP) is 2.84. The smallest absolute Gasteiger partial charge is 0.342 e. The van der Waals surface area contributed by atoms with Crippen molar-refractivity contribution in [3.63, 3.8) is 0 Å². The fourth-order valence-electron chi connectivity index (χ4n) is 3.92. The van der Waals surface area contributed by atoms with Crippen LogP contribution in [0.1, 0.15) is 48.2 Å². The number of carbonyl (C=O) groups is 2. The molecule has 8 nitrogen and oxygen atoms in total. The maximum Gasteiger partial charge on any atom is 0.342 e. The van der Waals surface area contributed by atoms with Gasteiger partial charge in [0.1, 0.15) is 11.6 Å². The zero-order valence-corrected chi connectivity index (χ0v) is 20.4. The van der Waals surface area contributed by atoms with Gasteiger partial charge in [-0.2, -0.15) is 9.78 Å². The Morgan fingerprint density at radius 1 is 1.23 bits per heavy atom. The Morgan fingerprint density at radius 3 is 2.74 bits per heavy atom. The number of fused-ring (bicyclic) bond motifs is 1. The van der Waals surface area contributed by atoms with Crippen molar-refractivity contribution < 1.29 is 14.7 Å². The number of aryl methyl sites for hydroxylation is 2. The van der Waals surface area contributed by atoms with Crippen LogP contribution < -0.4 is 10.2 Å². The number of likely N-dealkylation sites (N-methyl/N-ethyl adjacent to an activating group) is 1. The molecule has 180 valence electrons. The van der Waals surface area contributed by atoms with Crippen LogP contribution >= 0.6 is 0 Å². The van der Waals surface area contributed by atoms with Gasteiger partial charge in [-0.05, 0) is 68.5 Å². The number of nitrogens with zero attached hydrogens (tertiary/aromatic N) is 4. The Kier molecular flexibility index (Phi) is 6.72. The van der Waals surface area contributed by atoms with Crippen LogP contribution in [0.15, 0.2) is 48.9 Å². The highest BCUT2D eigenvalue weighted by Gasteiger charge is 2.30. The summed E-state index contributed by atoms with van der Waals surface area (Å²) in [6.45, 7) is 5.17. The number of nitrogens with one attached hydrogen (secondary N) is 1. The van der Waals surface area contributed by atoms with Gasteiger partial charge in [0.2, 0.25) is 5.91 Å². The number of anilines is 1. The Bertz CT molecular complexity index is 1310. The molecule has 0 saturated carbocycles. The van der Waals surface area contributed by atoms with Crippen molar-refractivity contribution in [3.8, 4) is 11.8 Å². The topological polar surface area (TPSA) is 100 Å². The average Bonchev–Trinajstić information content (AvgIpc) is 3.25. The molecular weight excluding hydrogens is 442 g/mol. The standard InChI is InChI=1S/C27H29N5O3/c1-18-5-6-20(15-28-18)13-21-16-29-32(17-21)26(34)30-23-10-9-22-8-7-19(11-12-27(2,3)35)14-24(22)31(4)25(23)33/h5-8,14-17,23,35H,9-10,13H2,1-4H3,(H,30,34). The van der Waals surface area contributed by atoms with Crippen LogP contribution in [0.4, 0.5) is 10.5 Å². The Balaban J connectivity index is 1.45. The van der Waals surface area contributed by atoms with E-state index in [1.54, 1.807) is 38.2 Å². The van der Waals surface area contributed by atoms with E-state index in [2.05, 4.69) is 27.2 Å². The monoisotopic (exact) mass is 471 g/mol. The van der Waals surface area contributed by atoms with E-state index in [9.17, 15) is 14.7 Å². The summed E-state index contributed by atoms with van der Waals surface area (Å²) < 4.78 is 1.23. The van der Waals surface area contributed by atoms with Crippen molar-refractivity contribution in [2.24, 2.45) is 0 Å². The first-order valence-corrected chi connectivity index (χ1v) is 11.5. The molecule has 0 aliphatic carbocycles. The second-order valence-corrected chi connectivity index (χ2v) is 9.37.